The topological polar surface area (TPSA) is 36.9 Å². The van der Waals surface area contributed by atoms with E-state index in [0.29, 0.717) is 13.2 Å². The molecule has 0 fully saturated rings. The van der Waals surface area contributed by atoms with Crippen molar-refractivity contribution in [3.63, 3.8) is 0 Å². The molecule has 0 aromatic carbocycles. The van der Waals surface area contributed by atoms with E-state index in [1.165, 1.54) is 0 Å². The molecule has 5 heteroatoms. The Hall–Kier alpha value is 0.0569. The summed E-state index contributed by atoms with van der Waals surface area (Å²) in [6.45, 7) is 5.39. The minimum atomic E-state index is -2.80. The Bertz CT molecular complexity index is 128. The van der Waals surface area contributed by atoms with Crippen LogP contribution in [0.4, 0.5) is 0 Å². The highest BCUT2D eigenvalue weighted by Gasteiger charge is 2.42. The molecule has 0 heterocycles. The highest BCUT2D eigenvalue weighted by molar-refractivity contribution is 6.53. The average molecular weight is 222 g/mol. The van der Waals surface area contributed by atoms with Gasteiger partial charge in [0.25, 0.3) is 0 Å². The molecule has 0 radical (unpaired) electrons. The molecule has 0 unspecified atom stereocenters. The van der Waals surface area contributed by atoms with Crippen molar-refractivity contribution in [1.82, 2.24) is 0 Å². The summed E-state index contributed by atoms with van der Waals surface area (Å²) in [5.74, 6) is 0. The molecule has 86 valence electrons. The molecule has 0 aliphatic carbocycles. The third-order valence-corrected chi connectivity index (χ3v) is 3.88. The SMILES string of the molecule is CCCCO[Si](OC)(OC)OCCC. The van der Waals surface area contributed by atoms with Gasteiger partial charge in [-0.1, -0.05) is 20.3 Å². The molecule has 0 spiro atoms. The first-order valence-corrected chi connectivity index (χ1v) is 6.76. The summed E-state index contributed by atoms with van der Waals surface area (Å²) in [6, 6.07) is 0. The van der Waals surface area contributed by atoms with Gasteiger partial charge in [0.1, 0.15) is 0 Å². The molecule has 0 aliphatic heterocycles. The summed E-state index contributed by atoms with van der Waals surface area (Å²) in [5, 5.41) is 0. The monoisotopic (exact) mass is 222 g/mol. The minimum Gasteiger partial charge on any atom is -0.355 e. The quantitative estimate of drug-likeness (QED) is 0.441. The predicted octanol–water partition coefficient (Wildman–Crippen LogP) is 1.96. The molecule has 0 aliphatic rings. The normalized spacial score (nSPS) is 12.0. The standard InChI is InChI=1S/C9H22O4Si/c1-5-7-9-13-14(10-3,11-4)12-8-6-2/h5-9H2,1-4H3. The molecule has 0 amide bonds. The van der Waals surface area contributed by atoms with Gasteiger partial charge in [0.15, 0.2) is 0 Å². The lowest BCUT2D eigenvalue weighted by molar-refractivity contribution is -0.00938. The summed E-state index contributed by atoms with van der Waals surface area (Å²) in [6.07, 6.45) is 3.02. The van der Waals surface area contributed by atoms with Crippen molar-refractivity contribution in [3.8, 4) is 0 Å². The van der Waals surface area contributed by atoms with Crippen molar-refractivity contribution in [3.05, 3.63) is 0 Å². The van der Waals surface area contributed by atoms with E-state index in [0.717, 1.165) is 19.3 Å². The van der Waals surface area contributed by atoms with Crippen molar-refractivity contribution in [2.75, 3.05) is 27.4 Å². The Morgan fingerprint density at radius 1 is 0.857 bits per heavy atom. The Labute approximate surface area is 88.0 Å². The van der Waals surface area contributed by atoms with Crippen LogP contribution in [0.25, 0.3) is 0 Å². The van der Waals surface area contributed by atoms with Gasteiger partial charge in [-0.3, -0.25) is 0 Å². The van der Waals surface area contributed by atoms with Crippen LogP contribution in [0.5, 0.6) is 0 Å². The van der Waals surface area contributed by atoms with Gasteiger partial charge >= 0.3 is 9.05 Å². The van der Waals surface area contributed by atoms with Gasteiger partial charge < -0.3 is 17.7 Å². The first-order chi connectivity index (χ1) is 6.74. The van der Waals surface area contributed by atoms with Crippen LogP contribution in [0.1, 0.15) is 33.1 Å². The van der Waals surface area contributed by atoms with Crippen molar-refractivity contribution in [1.29, 1.82) is 0 Å². The second-order valence-electron chi connectivity index (χ2n) is 2.96. The summed E-state index contributed by atoms with van der Waals surface area (Å²) in [5.41, 5.74) is 0. The lowest BCUT2D eigenvalue weighted by atomic mass is 10.4. The Morgan fingerprint density at radius 3 is 1.86 bits per heavy atom. The Balaban J connectivity index is 3.94. The number of unbranched alkanes of at least 4 members (excludes halogenated alkanes) is 1. The van der Waals surface area contributed by atoms with Gasteiger partial charge in [0, 0.05) is 27.4 Å². The largest absolute Gasteiger partial charge is 0.679 e. The molecule has 0 saturated heterocycles. The van der Waals surface area contributed by atoms with Gasteiger partial charge in [-0.15, -0.1) is 0 Å². The van der Waals surface area contributed by atoms with E-state index in [1.807, 2.05) is 6.92 Å². The van der Waals surface area contributed by atoms with E-state index >= 15 is 0 Å². The molecule has 0 aromatic heterocycles. The fraction of sp³-hybridized carbons (Fsp3) is 1.00. The summed E-state index contributed by atoms with van der Waals surface area (Å²) in [4.78, 5) is 0. The van der Waals surface area contributed by atoms with Crippen molar-refractivity contribution in [2.24, 2.45) is 0 Å². The maximum atomic E-state index is 5.54. The number of hydrogen-bond acceptors (Lipinski definition) is 4. The van der Waals surface area contributed by atoms with Gasteiger partial charge in [-0.05, 0) is 12.8 Å². The minimum absolute atomic E-state index is 0.611. The van der Waals surface area contributed by atoms with Crippen LogP contribution < -0.4 is 0 Å². The van der Waals surface area contributed by atoms with Crippen LogP contribution >= 0.6 is 0 Å². The molecule has 0 saturated carbocycles. The van der Waals surface area contributed by atoms with Gasteiger partial charge in [-0.25, -0.2) is 0 Å². The number of rotatable bonds is 9. The lowest BCUT2D eigenvalue weighted by Crippen LogP contribution is -2.47. The fourth-order valence-electron chi connectivity index (χ4n) is 0.929. The van der Waals surface area contributed by atoms with Crippen molar-refractivity contribution < 1.29 is 17.7 Å². The van der Waals surface area contributed by atoms with Crippen LogP contribution in [-0.4, -0.2) is 36.5 Å². The maximum Gasteiger partial charge on any atom is 0.679 e. The highest BCUT2D eigenvalue weighted by Crippen LogP contribution is 2.10. The first-order valence-electron chi connectivity index (χ1n) is 5.12. The second kappa shape index (κ2) is 8.37. The summed E-state index contributed by atoms with van der Waals surface area (Å²) >= 11 is 0. The lowest BCUT2D eigenvalue weighted by Gasteiger charge is -2.24. The Kier molecular flexibility index (Phi) is 8.41. The number of hydrogen-bond donors (Lipinski definition) is 0. The van der Waals surface area contributed by atoms with Gasteiger partial charge in [-0.2, -0.15) is 0 Å². The highest BCUT2D eigenvalue weighted by atomic mass is 28.4. The third-order valence-electron chi connectivity index (χ3n) is 1.76. The summed E-state index contributed by atoms with van der Waals surface area (Å²) < 4.78 is 21.5. The molecule has 14 heavy (non-hydrogen) atoms. The van der Waals surface area contributed by atoms with E-state index in [4.69, 9.17) is 17.7 Å². The molecular weight excluding hydrogens is 200 g/mol. The Morgan fingerprint density at radius 2 is 1.43 bits per heavy atom. The van der Waals surface area contributed by atoms with Crippen LogP contribution in [0.15, 0.2) is 0 Å². The molecule has 0 atom stereocenters. The summed E-state index contributed by atoms with van der Waals surface area (Å²) in [7, 11) is 0.332. The maximum absolute atomic E-state index is 5.54. The van der Waals surface area contributed by atoms with Crippen LogP contribution in [0.2, 0.25) is 0 Å². The first kappa shape index (κ1) is 14.1. The van der Waals surface area contributed by atoms with Crippen molar-refractivity contribution >= 4 is 9.05 Å². The smallest absolute Gasteiger partial charge is 0.355 e. The molecule has 0 rings (SSSR count). The molecule has 0 aromatic rings. The molecule has 4 nitrogen and oxygen atoms in total. The zero-order chi connectivity index (χ0) is 10.9. The molecule has 0 N–H and O–H groups in total. The van der Waals surface area contributed by atoms with E-state index in [1.54, 1.807) is 14.2 Å². The van der Waals surface area contributed by atoms with Crippen LogP contribution in [0, 0.1) is 0 Å². The van der Waals surface area contributed by atoms with E-state index in [2.05, 4.69) is 6.92 Å². The van der Waals surface area contributed by atoms with Gasteiger partial charge in [0.05, 0.1) is 0 Å². The van der Waals surface area contributed by atoms with Crippen LogP contribution in [0.3, 0.4) is 0 Å². The fourth-order valence-corrected chi connectivity index (χ4v) is 2.50. The van der Waals surface area contributed by atoms with Crippen molar-refractivity contribution in [2.45, 2.75) is 33.1 Å². The van der Waals surface area contributed by atoms with E-state index in [-0.39, 0.29) is 0 Å². The predicted molar refractivity (Wildman–Crippen MR) is 56.9 cm³/mol. The van der Waals surface area contributed by atoms with E-state index < -0.39 is 9.05 Å². The zero-order valence-corrected chi connectivity index (χ0v) is 10.7. The zero-order valence-electron chi connectivity index (χ0n) is 9.67. The third kappa shape index (κ3) is 5.07. The second-order valence-corrected chi connectivity index (χ2v) is 5.35. The van der Waals surface area contributed by atoms with Gasteiger partial charge in [0.2, 0.25) is 0 Å². The molecular formula is C9H22O4Si. The average Bonchev–Trinajstić information content (AvgIpc) is 2.24. The van der Waals surface area contributed by atoms with Crippen LogP contribution in [-0.2, 0) is 17.7 Å². The molecule has 0 bridgehead atoms. The van der Waals surface area contributed by atoms with E-state index in [9.17, 15) is 0 Å².